The number of nitrogens with zero attached hydrogens (tertiary/aromatic N) is 5. The van der Waals surface area contributed by atoms with Crippen molar-refractivity contribution in [3.8, 4) is 12.1 Å². The van der Waals surface area contributed by atoms with Crippen molar-refractivity contribution >= 4 is 57.2 Å². The molecule has 0 saturated carbocycles. The van der Waals surface area contributed by atoms with Crippen LogP contribution in [0.2, 0.25) is 5.02 Å². The van der Waals surface area contributed by atoms with Crippen molar-refractivity contribution < 1.29 is 9.59 Å². The number of amides is 1. The Morgan fingerprint density at radius 2 is 1.95 bits per heavy atom. The van der Waals surface area contributed by atoms with E-state index < -0.39 is 5.92 Å². The van der Waals surface area contributed by atoms with Crippen LogP contribution in [0.3, 0.4) is 0 Å². The molecule has 0 saturated heterocycles. The van der Waals surface area contributed by atoms with Crippen molar-refractivity contribution in [1.82, 2.24) is 10.2 Å². The minimum absolute atomic E-state index is 0.0509. The summed E-state index contributed by atoms with van der Waals surface area (Å²) in [6.45, 7) is 4.05. The predicted octanol–water partition coefficient (Wildman–Crippen LogP) is 5.73. The third kappa shape index (κ3) is 5.84. The molecule has 12 heteroatoms. The molecule has 206 valence electrons. The number of thioether (sulfide) groups is 1. The van der Waals surface area contributed by atoms with Gasteiger partial charge in [0, 0.05) is 28.4 Å². The minimum atomic E-state index is -0.638. The molecule has 5 rings (SSSR count). The van der Waals surface area contributed by atoms with Gasteiger partial charge in [0.05, 0.1) is 34.9 Å². The Morgan fingerprint density at radius 1 is 1.20 bits per heavy atom. The Balaban J connectivity index is 1.44. The van der Waals surface area contributed by atoms with E-state index in [9.17, 15) is 14.9 Å². The Bertz CT molecular complexity index is 1700. The lowest BCUT2D eigenvalue weighted by atomic mass is 9.69. The molecule has 3 N–H and O–H groups in total. The number of hydrogen-bond donors (Lipinski definition) is 2. The van der Waals surface area contributed by atoms with Gasteiger partial charge >= 0.3 is 0 Å². The van der Waals surface area contributed by atoms with Crippen LogP contribution in [0.25, 0.3) is 0 Å². The number of nitrogens with two attached hydrogens (primary N) is 1. The van der Waals surface area contributed by atoms with Gasteiger partial charge in [-0.05, 0) is 53.8 Å². The van der Waals surface area contributed by atoms with Crippen LogP contribution in [0.1, 0.15) is 43.7 Å². The summed E-state index contributed by atoms with van der Waals surface area (Å²) < 4.78 is 0.529. The van der Waals surface area contributed by atoms with Gasteiger partial charge in [-0.3, -0.25) is 14.5 Å². The molecule has 9 nitrogen and oxygen atoms in total. The number of allylic oxidation sites excluding steroid dienone is 3. The van der Waals surface area contributed by atoms with Gasteiger partial charge in [-0.2, -0.15) is 10.5 Å². The van der Waals surface area contributed by atoms with E-state index in [1.165, 1.54) is 23.1 Å². The molecule has 1 aromatic heterocycles. The Morgan fingerprint density at radius 3 is 2.63 bits per heavy atom. The van der Waals surface area contributed by atoms with Crippen LogP contribution < -0.4 is 16.0 Å². The van der Waals surface area contributed by atoms with Crippen LogP contribution in [-0.4, -0.2) is 27.6 Å². The fourth-order valence-corrected chi connectivity index (χ4v) is 6.93. The van der Waals surface area contributed by atoms with Crippen molar-refractivity contribution in [1.29, 1.82) is 10.5 Å². The summed E-state index contributed by atoms with van der Waals surface area (Å²) in [4.78, 5) is 27.8. The molecule has 41 heavy (non-hydrogen) atoms. The second kappa shape index (κ2) is 11.4. The van der Waals surface area contributed by atoms with Crippen LogP contribution in [0, 0.1) is 28.1 Å². The summed E-state index contributed by atoms with van der Waals surface area (Å²) in [6.07, 6.45) is 0.876. The van der Waals surface area contributed by atoms with Crippen molar-refractivity contribution in [2.45, 2.75) is 36.9 Å². The van der Waals surface area contributed by atoms with E-state index in [1.54, 1.807) is 47.4 Å². The average Bonchev–Trinajstić information content (AvgIpc) is 3.39. The summed E-state index contributed by atoms with van der Waals surface area (Å²) in [5, 5.41) is 31.4. The maximum Gasteiger partial charge on any atom is 0.234 e. The van der Waals surface area contributed by atoms with Crippen LogP contribution in [0.5, 0.6) is 0 Å². The summed E-state index contributed by atoms with van der Waals surface area (Å²) in [5.74, 6) is -0.659. The van der Waals surface area contributed by atoms with Gasteiger partial charge in [-0.15, -0.1) is 10.2 Å². The van der Waals surface area contributed by atoms with E-state index in [1.807, 2.05) is 26.0 Å². The fraction of sp³-hybridized carbons (Fsp3) is 0.241. The maximum absolute atomic E-state index is 13.6. The summed E-state index contributed by atoms with van der Waals surface area (Å²) in [5.41, 5.74) is 9.59. The smallest absolute Gasteiger partial charge is 0.234 e. The molecule has 1 atom stereocenters. The summed E-state index contributed by atoms with van der Waals surface area (Å²) in [7, 11) is 0. The highest BCUT2D eigenvalue weighted by Gasteiger charge is 2.45. The molecule has 2 aliphatic rings. The molecule has 2 heterocycles. The molecular weight excluding hydrogens is 578 g/mol. The number of nitriles is 2. The van der Waals surface area contributed by atoms with Crippen molar-refractivity contribution in [2.24, 2.45) is 11.1 Å². The Hall–Kier alpha value is -4.16. The standard InChI is InChI=1S/C29H24ClN7O2S2/c1-29(2)11-21-25(22(38)12-29)24(17-4-3-5-18(30)10-17)20(14-32)26(33)37(21)27-35-36-28(41-27)40-15-23(39)34-19-8-6-16(13-31)7-9-19/h3-10,24H,11-12,15,33H2,1-2H3,(H,34,39). The first-order valence-corrected chi connectivity index (χ1v) is 14.8. The van der Waals surface area contributed by atoms with E-state index in [2.05, 4.69) is 21.6 Å². The molecule has 1 aliphatic carbocycles. The van der Waals surface area contributed by atoms with Crippen LogP contribution in [0.15, 0.2) is 75.5 Å². The first kappa shape index (κ1) is 28.4. The van der Waals surface area contributed by atoms with Crippen molar-refractivity contribution in [3.63, 3.8) is 0 Å². The molecule has 0 fully saturated rings. The largest absolute Gasteiger partial charge is 0.384 e. The molecular formula is C29H24ClN7O2S2. The van der Waals surface area contributed by atoms with Crippen LogP contribution >= 0.6 is 34.7 Å². The quantitative estimate of drug-likeness (QED) is 0.337. The number of benzene rings is 2. The number of carbonyl (C=O) groups excluding carboxylic acids is 2. The van der Waals surface area contributed by atoms with E-state index in [-0.39, 0.29) is 34.3 Å². The van der Waals surface area contributed by atoms with Gasteiger partial charge in [0.2, 0.25) is 11.0 Å². The number of hydrogen-bond acceptors (Lipinski definition) is 10. The van der Waals surface area contributed by atoms with E-state index in [4.69, 9.17) is 22.6 Å². The number of ketones is 1. The van der Waals surface area contributed by atoms with Gasteiger partial charge in [0.1, 0.15) is 5.82 Å². The lowest BCUT2D eigenvalue weighted by Gasteiger charge is -2.42. The zero-order valence-corrected chi connectivity index (χ0v) is 24.5. The Labute approximate surface area is 250 Å². The second-order valence-corrected chi connectivity index (χ2v) is 13.0. The first-order chi connectivity index (χ1) is 19.6. The summed E-state index contributed by atoms with van der Waals surface area (Å²) in [6, 6.07) is 18.0. The fourth-order valence-electron chi connectivity index (χ4n) is 5.05. The predicted molar refractivity (Wildman–Crippen MR) is 159 cm³/mol. The minimum Gasteiger partial charge on any atom is -0.384 e. The Kier molecular flexibility index (Phi) is 7.87. The van der Waals surface area contributed by atoms with Gasteiger partial charge < -0.3 is 11.1 Å². The molecule has 1 amide bonds. The average molecular weight is 602 g/mol. The molecule has 1 aliphatic heterocycles. The third-order valence-corrected chi connectivity index (χ3v) is 9.05. The molecule has 1 unspecified atom stereocenters. The number of carbonyl (C=O) groups is 2. The number of aromatic nitrogens is 2. The van der Waals surface area contributed by atoms with Crippen LogP contribution in [-0.2, 0) is 9.59 Å². The van der Waals surface area contributed by atoms with Gasteiger partial charge in [-0.25, -0.2) is 0 Å². The van der Waals surface area contributed by atoms with E-state index >= 15 is 0 Å². The highest BCUT2D eigenvalue weighted by atomic mass is 35.5. The van der Waals surface area contributed by atoms with Gasteiger partial charge in [0.15, 0.2) is 10.1 Å². The second-order valence-electron chi connectivity index (χ2n) is 10.4. The zero-order chi connectivity index (χ0) is 29.3. The lowest BCUT2D eigenvalue weighted by molar-refractivity contribution is -0.118. The normalized spacial score (nSPS) is 18.0. The van der Waals surface area contributed by atoms with Crippen molar-refractivity contribution in [3.05, 3.63) is 87.3 Å². The van der Waals surface area contributed by atoms with Crippen molar-refractivity contribution in [2.75, 3.05) is 16.0 Å². The number of anilines is 2. The number of halogens is 1. The zero-order valence-electron chi connectivity index (χ0n) is 22.1. The van der Waals surface area contributed by atoms with Gasteiger partial charge in [-0.1, -0.05) is 60.7 Å². The molecule has 0 radical (unpaired) electrons. The lowest BCUT2D eigenvalue weighted by Crippen LogP contribution is -2.42. The molecule has 0 spiro atoms. The maximum atomic E-state index is 13.6. The highest BCUT2D eigenvalue weighted by Crippen LogP contribution is 2.50. The van der Waals surface area contributed by atoms with Gasteiger partial charge in [0.25, 0.3) is 0 Å². The monoisotopic (exact) mass is 601 g/mol. The van der Waals surface area contributed by atoms with Crippen LogP contribution in [0.4, 0.5) is 10.8 Å². The van der Waals surface area contributed by atoms with E-state index in [0.29, 0.717) is 49.9 Å². The number of Topliss-reactive ketones (excluding diaryl/α,β-unsaturated/α-hetero) is 1. The molecule has 3 aromatic rings. The third-order valence-electron chi connectivity index (χ3n) is 6.77. The highest BCUT2D eigenvalue weighted by molar-refractivity contribution is 8.01. The first-order valence-electron chi connectivity index (χ1n) is 12.6. The molecule has 2 aromatic carbocycles. The SMILES string of the molecule is CC1(C)CC(=O)C2=C(C1)N(c1nnc(SCC(=O)Nc3ccc(C#N)cc3)s1)C(N)=C(C#N)C2c1cccc(Cl)c1. The number of rotatable bonds is 6. The van der Waals surface area contributed by atoms with E-state index in [0.717, 1.165) is 5.56 Å². The molecule has 0 bridgehead atoms. The summed E-state index contributed by atoms with van der Waals surface area (Å²) >= 11 is 8.72. The number of nitrogens with one attached hydrogen (secondary N) is 1. The topological polar surface area (TPSA) is 149 Å².